The number of aromatic amines is 1. The molecule has 122 valence electrons. The molecule has 0 fully saturated rings. The Labute approximate surface area is 141 Å². The van der Waals surface area contributed by atoms with Gasteiger partial charge in [-0.25, -0.2) is 5.43 Å². The number of fused-ring (bicyclic) bond motifs is 1. The minimum absolute atomic E-state index is 0.115. The van der Waals surface area contributed by atoms with Gasteiger partial charge in [-0.1, -0.05) is 42.0 Å². The van der Waals surface area contributed by atoms with Crippen molar-refractivity contribution in [2.24, 2.45) is 5.10 Å². The van der Waals surface area contributed by atoms with Crippen LogP contribution in [0.5, 0.6) is 0 Å². The normalized spacial score (nSPS) is 11.3. The van der Waals surface area contributed by atoms with Gasteiger partial charge < -0.3 is 4.98 Å². The first-order valence-corrected chi connectivity index (χ1v) is 8.00. The van der Waals surface area contributed by atoms with Gasteiger partial charge in [0.25, 0.3) is 0 Å². The molecule has 0 atom stereocenters. The number of hydrazone groups is 1. The summed E-state index contributed by atoms with van der Waals surface area (Å²) >= 11 is 0. The van der Waals surface area contributed by atoms with Crippen molar-refractivity contribution in [1.82, 2.24) is 10.4 Å². The predicted octanol–water partition coefficient (Wildman–Crippen LogP) is 3.79. The van der Waals surface area contributed by atoms with Crippen LogP contribution in [-0.4, -0.2) is 17.1 Å². The van der Waals surface area contributed by atoms with Crippen molar-refractivity contribution in [3.05, 3.63) is 70.4 Å². The van der Waals surface area contributed by atoms with E-state index in [1.807, 2.05) is 57.2 Å². The average Bonchev–Trinajstić information content (AvgIpc) is 2.86. The maximum Gasteiger partial charge on any atom is 0.244 e. The molecule has 1 heterocycles. The zero-order valence-corrected chi connectivity index (χ0v) is 14.2. The molecule has 0 aliphatic heterocycles. The summed E-state index contributed by atoms with van der Waals surface area (Å²) in [4.78, 5) is 15.4. The minimum Gasteiger partial charge on any atom is -0.358 e. The molecular formula is C20H21N3O. The number of H-pyrrole nitrogens is 1. The molecule has 0 aliphatic carbocycles. The highest BCUT2D eigenvalue weighted by Crippen LogP contribution is 2.19. The van der Waals surface area contributed by atoms with Gasteiger partial charge in [0.05, 0.1) is 12.6 Å². The number of benzene rings is 2. The number of carbonyl (C=O) groups is 1. The lowest BCUT2D eigenvalue weighted by molar-refractivity contribution is -0.120. The van der Waals surface area contributed by atoms with E-state index in [1.165, 1.54) is 5.56 Å². The zero-order valence-electron chi connectivity index (χ0n) is 14.2. The lowest BCUT2D eigenvalue weighted by atomic mass is 10.0. The molecule has 3 aromatic rings. The van der Waals surface area contributed by atoms with Crippen LogP contribution in [0.25, 0.3) is 10.9 Å². The van der Waals surface area contributed by atoms with Crippen molar-refractivity contribution in [3.63, 3.8) is 0 Å². The molecule has 4 heteroatoms. The third-order valence-electron chi connectivity index (χ3n) is 4.18. The first-order chi connectivity index (χ1) is 11.5. The van der Waals surface area contributed by atoms with E-state index in [0.29, 0.717) is 6.42 Å². The number of nitrogens with zero attached hydrogens (tertiary/aromatic N) is 1. The van der Waals surface area contributed by atoms with Gasteiger partial charge in [-0.2, -0.15) is 5.10 Å². The smallest absolute Gasteiger partial charge is 0.244 e. The number of rotatable bonds is 4. The summed E-state index contributed by atoms with van der Waals surface area (Å²) in [6.45, 7) is 6.07. The largest absolute Gasteiger partial charge is 0.358 e. The van der Waals surface area contributed by atoms with E-state index in [9.17, 15) is 4.79 Å². The lowest BCUT2D eigenvalue weighted by Crippen LogP contribution is -2.20. The third kappa shape index (κ3) is 3.38. The van der Waals surface area contributed by atoms with E-state index in [0.717, 1.165) is 33.3 Å². The summed E-state index contributed by atoms with van der Waals surface area (Å²) in [5.41, 5.74) is 9.07. The van der Waals surface area contributed by atoms with Crippen molar-refractivity contribution in [2.45, 2.75) is 27.2 Å². The highest BCUT2D eigenvalue weighted by atomic mass is 16.2. The summed E-state index contributed by atoms with van der Waals surface area (Å²) < 4.78 is 0. The Balaban J connectivity index is 1.69. The lowest BCUT2D eigenvalue weighted by Gasteiger charge is -2.05. The number of hydrogen-bond acceptors (Lipinski definition) is 2. The van der Waals surface area contributed by atoms with Gasteiger partial charge in [-0.05, 0) is 38.0 Å². The number of aryl methyl sites for hydroxylation is 3. The highest BCUT2D eigenvalue weighted by molar-refractivity contribution is 6.00. The van der Waals surface area contributed by atoms with E-state index >= 15 is 0 Å². The van der Waals surface area contributed by atoms with Crippen molar-refractivity contribution in [2.75, 3.05) is 0 Å². The molecule has 1 amide bonds. The molecule has 3 rings (SSSR count). The van der Waals surface area contributed by atoms with Gasteiger partial charge in [0.15, 0.2) is 0 Å². The highest BCUT2D eigenvalue weighted by Gasteiger charge is 2.07. The summed E-state index contributed by atoms with van der Waals surface area (Å²) in [5, 5.41) is 5.22. The van der Waals surface area contributed by atoms with Crippen molar-refractivity contribution in [3.8, 4) is 0 Å². The van der Waals surface area contributed by atoms with Crippen LogP contribution in [-0.2, 0) is 11.2 Å². The average molecular weight is 319 g/mol. The molecule has 24 heavy (non-hydrogen) atoms. The molecular weight excluding hydrogens is 298 g/mol. The monoisotopic (exact) mass is 319 g/mol. The zero-order chi connectivity index (χ0) is 17.1. The standard InChI is InChI=1S/C20H21N3O/c1-13-8-9-16(14(2)10-13)11-20(24)23-21-12-18-15(3)22-19-7-5-4-6-17(18)19/h4-10,12,22H,11H2,1-3H3,(H,23,24)/b21-12+. The number of amides is 1. The Morgan fingerprint density at radius 3 is 2.75 bits per heavy atom. The third-order valence-corrected chi connectivity index (χ3v) is 4.18. The molecule has 0 saturated heterocycles. The quantitative estimate of drug-likeness (QED) is 0.558. The Morgan fingerprint density at radius 2 is 1.96 bits per heavy atom. The van der Waals surface area contributed by atoms with E-state index < -0.39 is 0 Å². The number of carbonyl (C=O) groups excluding carboxylic acids is 1. The number of hydrogen-bond donors (Lipinski definition) is 2. The SMILES string of the molecule is Cc1ccc(CC(=O)N/N=C/c2c(C)[nH]c3ccccc23)c(C)c1. The number of nitrogens with one attached hydrogen (secondary N) is 2. The van der Waals surface area contributed by atoms with Crippen LogP contribution in [0.2, 0.25) is 0 Å². The second-order valence-corrected chi connectivity index (χ2v) is 6.11. The Bertz CT molecular complexity index is 922. The van der Waals surface area contributed by atoms with Gasteiger partial charge in [-0.3, -0.25) is 4.79 Å². The number of para-hydroxylation sites is 1. The van der Waals surface area contributed by atoms with E-state index in [4.69, 9.17) is 0 Å². The van der Waals surface area contributed by atoms with Crippen molar-refractivity contribution >= 4 is 23.0 Å². The van der Waals surface area contributed by atoms with Gasteiger partial charge in [-0.15, -0.1) is 0 Å². The molecule has 1 aromatic heterocycles. The topological polar surface area (TPSA) is 57.2 Å². The Kier molecular flexibility index (Phi) is 4.47. The van der Waals surface area contributed by atoms with Crippen LogP contribution >= 0.6 is 0 Å². The fraction of sp³-hybridized carbons (Fsp3) is 0.200. The molecule has 2 aromatic carbocycles. The van der Waals surface area contributed by atoms with Crippen LogP contribution in [0.3, 0.4) is 0 Å². The van der Waals surface area contributed by atoms with Gasteiger partial charge >= 0.3 is 0 Å². The Hall–Kier alpha value is -2.88. The van der Waals surface area contributed by atoms with Crippen molar-refractivity contribution < 1.29 is 4.79 Å². The molecule has 0 aliphatic rings. The maximum absolute atomic E-state index is 12.1. The second kappa shape index (κ2) is 6.71. The summed E-state index contributed by atoms with van der Waals surface area (Å²) in [6, 6.07) is 14.2. The van der Waals surface area contributed by atoms with Crippen LogP contribution in [0.4, 0.5) is 0 Å². The summed E-state index contributed by atoms with van der Waals surface area (Å²) in [6.07, 6.45) is 2.03. The van der Waals surface area contributed by atoms with E-state index in [1.54, 1.807) is 6.21 Å². The molecule has 0 spiro atoms. The van der Waals surface area contributed by atoms with Crippen LogP contribution in [0, 0.1) is 20.8 Å². The fourth-order valence-corrected chi connectivity index (χ4v) is 2.89. The van der Waals surface area contributed by atoms with E-state index in [-0.39, 0.29) is 5.91 Å². The fourth-order valence-electron chi connectivity index (χ4n) is 2.89. The first kappa shape index (κ1) is 16.0. The van der Waals surface area contributed by atoms with Gasteiger partial charge in [0, 0.05) is 22.2 Å². The molecule has 0 bridgehead atoms. The molecule has 0 radical (unpaired) electrons. The first-order valence-electron chi connectivity index (χ1n) is 8.00. The summed E-state index contributed by atoms with van der Waals surface area (Å²) in [7, 11) is 0. The molecule has 0 unspecified atom stereocenters. The molecule has 4 nitrogen and oxygen atoms in total. The Morgan fingerprint density at radius 1 is 1.17 bits per heavy atom. The van der Waals surface area contributed by atoms with Crippen LogP contribution in [0.15, 0.2) is 47.6 Å². The van der Waals surface area contributed by atoms with Crippen molar-refractivity contribution in [1.29, 1.82) is 0 Å². The van der Waals surface area contributed by atoms with Crippen LogP contribution in [0.1, 0.15) is 27.9 Å². The molecule has 2 N–H and O–H groups in total. The van der Waals surface area contributed by atoms with Gasteiger partial charge in [0.1, 0.15) is 0 Å². The minimum atomic E-state index is -0.115. The van der Waals surface area contributed by atoms with Gasteiger partial charge in [0.2, 0.25) is 5.91 Å². The van der Waals surface area contributed by atoms with E-state index in [2.05, 4.69) is 21.6 Å². The number of aromatic nitrogens is 1. The second-order valence-electron chi connectivity index (χ2n) is 6.11. The molecule has 0 saturated carbocycles. The summed E-state index contributed by atoms with van der Waals surface area (Å²) in [5.74, 6) is -0.115. The van der Waals surface area contributed by atoms with Crippen LogP contribution < -0.4 is 5.43 Å². The maximum atomic E-state index is 12.1. The predicted molar refractivity (Wildman–Crippen MR) is 98.4 cm³/mol.